The predicted octanol–water partition coefficient (Wildman–Crippen LogP) is 3.12. The van der Waals surface area contributed by atoms with Crippen LogP contribution in [-0.2, 0) is 4.79 Å². The standard InChI is InChI=1S/C23H29N5O2/c1-15-7-4-10-20(16(15)2)21-14-22(28-23(24)27-21)25-11-6-12-30-19-9-5-8-18(13-19)26-17(3)29/h4-5,7-10,13-14,21,25H,6,11-12H2,1-3H3,(H,26,29)(H3,24,27,28). The van der Waals surface area contributed by atoms with Crippen LogP contribution in [0.3, 0.4) is 0 Å². The van der Waals surface area contributed by atoms with E-state index >= 15 is 0 Å². The summed E-state index contributed by atoms with van der Waals surface area (Å²) < 4.78 is 5.78. The lowest BCUT2D eigenvalue weighted by Crippen LogP contribution is -2.40. The summed E-state index contributed by atoms with van der Waals surface area (Å²) in [5, 5.41) is 9.19. The van der Waals surface area contributed by atoms with Gasteiger partial charge in [-0.2, -0.15) is 0 Å². The molecule has 0 saturated carbocycles. The molecule has 1 atom stereocenters. The van der Waals surface area contributed by atoms with E-state index in [1.54, 1.807) is 0 Å². The summed E-state index contributed by atoms with van der Waals surface area (Å²) >= 11 is 0. The molecule has 1 aliphatic heterocycles. The first kappa shape index (κ1) is 21.2. The lowest BCUT2D eigenvalue weighted by molar-refractivity contribution is -0.114. The minimum atomic E-state index is -0.110. The molecular weight excluding hydrogens is 378 g/mol. The first-order valence-corrected chi connectivity index (χ1v) is 10.0. The Kier molecular flexibility index (Phi) is 6.95. The van der Waals surface area contributed by atoms with Crippen LogP contribution in [0.5, 0.6) is 5.75 Å². The molecule has 0 spiro atoms. The zero-order valence-electron chi connectivity index (χ0n) is 17.7. The van der Waals surface area contributed by atoms with Crippen LogP contribution in [0.15, 0.2) is 59.4 Å². The van der Waals surface area contributed by atoms with Crippen LogP contribution in [0.4, 0.5) is 5.69 Å². The number of aliphatic imine (C=N–C) groups is 1. The summed E-state index contributed by atoms with van der Waals surface area (Å²) in [7, 11) is 0. The zero-order valence-corrected chi connectivity index (χ0v) is 17.7. The van der Waals surface area contributed by atoms with Crippen LogP contribution in [0.25, 0.3) is 0 Å². The number of hydrogen-bond donors (Lipinski definition) is 4. The van der Waals surface area contributed by atoms with Crippen molar-refractivity contribution in [1.29, 1.82) is 0 Å². The second-order valence-corrected chi connectivity index (χ2v) is 7.29. The average molecular weight is 408 g/mol. The van der Waals surface area contributed by atoms with E-state index in [1.165, 1.54) is 18.1 Å². The van der Waals surface area contributed by atoms with Crippen LogP contribution in [0, 0.1) is 13.8 Å². The molecular formula is C23H29N5O2. The Morgan fingerprint density at radius 1 is 1.23 bits per heavy atom. The van der Waals surface area contributed by atoms with Gasteiger partial charge in [0.2, 0.25) is 5.91 Å². The predicted molar refractivity (Wildman–Crippen MR) is 120 cm³/mol. The molecule has 2 aromatic rings. The molecule has 30 heavy (non-hydrogen) atoms. The molecule has 1 aliphatic rings. The van der Waals surface area contributed by atoms with Crippen LogP contribution in [-0.4, -0.2) is 25.0 Å². The third kappa shape index (κ3) is 5.76. The summed E-state index contributed by atoms with van der Waals surface area (Å²) in [5.41, 5.74) is 10.3. The van der Waals surface area contributed by atoms with Gasteiger partial charge >= 0.3 is 0 Å². The van der Waals surface area contributed by atoms with Crippen molar-refractivity contribution < 1.29 is 9.53 Å². The summed E-state index contributed by atoms with van der Waals surface area (Å²) in [6, 6.07) is 13.5. The van der Waals surface area contributed by atoms with E-state index < -0.39 is 0 Å². The fourth-order valence-electron chi connectivity index (χ4n) is 3.27. The first-order valence-electron chi connectivity index (χ1n) is 10.0. The average Bonchev–Trinajstić information content (AvgIpc) is 2.69. The smallest absolute Gasteiger partial charge is 0.221 e. The second-order valence-electron chi connectivity index (χ2n) is 7.29. The van der Waals surface area contributed by atoms with Gasteiger partial charge in [0.1, 0.15) is 17.6 Å². The van der Waals surface area contributed by atoms with E-state index in [4.69, 9.17) is 10.5 Å². The lowest BCUT2D eigenvalue weighted by atomic mass is 9.97. The van der Waals surface area contributed by atoms with Crippen molar-refractivity contribution in [2.75, 3.05) is 18.5 Å². The number of ether oxygens (including phenoxy) is 1. The van der Waals surface area contributed by atoms with E-state index in [0.717, 1.165) is 35.8 Å². The number of nitrogens with two attached hydrogens (primary N) is 1. The van der Waals surface area contributed by atoms with Crippen molar-refractivity contribution >= 4 is 17.6 Å². The topological polar surface area (TPSA) is 101 Å². The van der Waals surface area contributed by atoms with Crippen molar-refractivity contribution in [2.45, 2.75) is 33.2 Å². The first-order chi connectivity index (χ1) is 14.4. The highest BCUT2D eigenvalue weighted by molar-refractivity contribution is 5.88. The number of carbonyl (C=O) groups is 1. The van der Waals surface area contributed by atoms with Crippen molar-refractivity contribution in [3.8, 4) is 5.75 Å². The molecule has 5 N–H and O–H groups in total. The normalized spacial score (nSPS) is 15.5. The number of rotatable bonds is 8. The van der Waals surface area contributed by atoms with Crippen LogP contribution >= 0.6 is 0 Å². The molecule has 158 valence electrons. The molecule has 0 bridgehead atoms. The van der Waals surface area contributed by atoms with Crippen molar-refractivity contribution in [2.24, 2.45) is 10.7 Å². The maximum absolute atomic E-state index is 11.2. The van der Waals surface area contributed by atoms with E-state index in [-0.39, 0.29) is 11.9 Å². The monoisotopic (exact) mass is 407 g/mol. The highest BCUT2D eigenvalue weighted by Crippen LogP contribution is 2.26. The van der Waals surface area contributed by atoms with E-state index in [1.807, 2.05) is 30.3 Å². The van der Waals surface area contributed by atoms with E-state index in [0.29, 0.717) is 12.6 Å². The van der Waals surface area contributed by atoms with Gasteiger partial charge in [0, 0.05) is 25.2 Å². The Balaban J connectivity index is 1.50. The summed E-state index contributed by atoms with van der Waals surface area (Å²) in [4.78, 5) is 15.7. The van der Waals surface area contributed by atoms with Gasteiger partial charge in [-0.1, -0.05) is 24.3 Å². The number of benzene rings is 2. The Labute approximate surface area is 177 Å². The molecule has 0 aliphatic carbocycles. The lowest BCUT2D eigenvalue weighted by Gasteiger charge is -2.23. The van der Waals surface area contributed by atoms with Crippen LogP contribution < -0.4 is 26.4 Å². The van der Waals surface area contributed by atoms with Gasteiger partial charge in [-0.05, 0) is 55.2 Å². The molecule has 7 nitrogen and oxygen atoms in total. The zero-order chi connectivity index (χ0) is 21.5. The van der Waals surface area contributed by atoms with Gasteiger partial charge in [-0.15, -0.1) is 0 Å². The van der Waals surface area contributed by atoms with E-state index in [9.17, 15) is 4.79 Å². The third-order valence-electron chi connectivity index (χ3n) is 4.89. The van der Waals surface area contributed by atoms with Gasteiger partial charge in [-0.25, -0.2) is 4.99 Å². The Bertz CT molecular complexity index is 968. The number of anilines is 1. The number of nitrogens with one attached hydrogen (secondary N) is 3. The molecule has 0 radical (unpaired) electrons. The largest absolute Gasteiger partial charge is 0.493 e. The summed E-state index contributed by atoms with van der Waals surface area (Å²) in [6.45, 7) is 6.96. The number of aryl methyl sites for hydroxylation is 1. The van der Waals surface area contributed by atoms with Crippen molar-refractivity contribution in [3.05, 3.63) is 71.1 Å². The van der Waals surface area contributed by atoms with Gasteiger partial charge in [0.05, 0.1) is 6.61 Å². The highest BCUT2D eigenvalue weighted by Gasteiger charge is 2.17. The Hall–Kier alpha value is -3.48. The molecule has 1 heterocycles. The maximum atomic E-state index is 11.2. The van der Waals surface area contributed by atoms with E-state index in [2.05, 4.69) is 53.0 Å². The number of nitrogens with zero attached hydrogens (tertiary/aromatic N) is 1. The third-order valence-corrected chi connectivity index (χ3v) is 4.89. The molecule has 0 aromatic heterocycles. The minimum Gasteiger partial charge on any atom is -0.493 e. The number of guanidine groups is 1. The van der Waals surface area contributed by atoms with Crippen LogP contribution in [0.2, 0.25) is 0 Å². The van der Waals surface area contributed by atoms with Crippen molar-refractivity contribution in [3.63, 3.8) is 0 Å². The SMILES string of the molecule is CC(=O)Nc1cccc(OCCCNC2=CC(c3cccc(C)c3C)N=C(N)N2)c1. The quantitative estimate of drug-likeness (QED) is 0.504. The van der Waals surface area contributed by atoms with Gasteiger partial charge in [-0.3, -0.25) is 4.79 Å². The molecule has 2 aromatic carbocycles. The van der Waals surface area contributed by atoms with Gasteiger partial charge in [0.15, 0.2) is 5.96 Å². The molecule has 0 saturated heterocycles. The second kappa shape index (κ2) is 9.82. The number of amides is 1. The van der Waals surface area contributed by atoms with Crippen LogP contribution in [0.1, 0.15) is 36.1 Å². The Morgan fingerprint density at radius 3 is 2.83 bits per heavy atom. The fourth-order valence-corrected chi connectivity index (χ4v) is 3.27. The van der Waals surface area contributed by atoms with Gasteiger partial charge < -0.3 is 26.4 Å². The summed E-state index contributed by atoms with van der Waals surface area (Å²) in [5.74, 6) is 1.87. The molecule has 3 rings (SSSR count). The summed E-state index contributed by atoms with van der Waals surface area (Å²) in [6.07, 6.45) is 2.85. The molecule has 1 unspecified atom stereocenters. The number of hydrogen-bond acceptors (Lipinski definition) is 6. The fraction of sp³-hybridized carbons (Fsp3) is 0.304. The Morgan fingerprint density at radius 2 is 2.03 bits per heavy atom. The molecule has 1 amide bonds. The number of carbonyl (C=O) groups excluding carboxylic acids is 1. The van der Waals surface area contributed by atoms with Crippen molar-refractivity contribution in [1.82, 2.24) is 10.6 Å². The minimum absolute atomic E-state index is 0.105. The molecule has 7 heteroatoms. The highest BCUT2D eigenvalue weighted by atomic mass is 16.5. The van der Waals surface area contributed by atoms with Gasteiger partial charge in [0.25, 0.3) is 0 Å². The molecule has 0 fully saturated rings. The maximum Gasteiger partial charge on any atom is 0.221 e.